The normalized spacial score (nSPS) is 14.8. The van der Waals surface area contributed by atoms with E-state index in [1.807, 2.05) is 0 Å². The van der Waals surface area contributed by atoms with E-state index >= 15 is 0 Å². The summed E-state index contributed by atoms with van der Waals surface area (Å²) >= 11 is 11.8. The summed E-state index contributed by atoms with van der Waals surface area (Å²) in [4.78, 5) is 24.6. The molecule has 166 valence electrons. The van der Waals surface area contributed by atoms with E-state index in [4.69, 9.17) is 27.9 Å². The standard InChI is InChI=1S/C20H21Cl2N3O5S/c21-16-11-15(12-17(22)13-16)20(27)24-18-3-1-14(2-4-18)19(26)23-5-10-31(28,29)25-6-8-30-9-7-25/h1-4,11-13H,5-10H2,(H,23,26)(H,24,27). The molecule has 1 aliphatic heterocycles. The van der Waals surface area contributed by atoms with Gasteiger partial charge in [0.15, 0.2) is 0 Å². The molecule has 2 N–H and O–H groups in total. The number of anilines is 1. The first-order valence-corrected chi connectivity index (χ1v) is 11.8. The summed E-state index contributed by atoms with van der Waals surface area (Å²) in [6.07, 6.45) is 0. The molecular weight excluding hydrogens is 465 g/mol. The Labute approximate surface area is 190 Å². The van der Waals surface area contributed by atoms with Crippen molar-refractivity contribution in [1.82, 2.24) is 9.62 Å². The zero-order valence-electron chi connectivity index (χ0n) is 16.4. The third kappa shape index (κ3) is 6.65. The van der Waals surface area contributed by atoms with Crippen LogP contribution in [0.4, 0.5) is 5.69 Å². The Hall–Kier alpha value is -2.17. The summed E-state index contributed by atoms with van der Waals surface area (Å²) in [7, 11) is -3.44. The van der Waals surface area contributed by atoms with Crippen molar-refractivity contribution >= 4 is 50.7 Å². The van der Waals surface area contributed by atoms with Crippen LogP contribution in [0.3, 0.4) is 0 Å². The molecule has 31 heavy (non-hydrogen) atoms. The van der Waals surface area contributed by atoms with Crippen molar-refractivity contribution in [2.24, 2.45) is 0 Å². The second kappa shape index (κ2) is 10.4. The molecule has 1 fully saturated rings. The summed E-state index contributed by atoms with van der Waals surface area (Å²) in [5, 5.41) is 5.99. The minimum Gasteiger partial charge on any atom is -0.379 e. The third-order valence-electron chi connectivity index (χ3n) is 4.54. The van der Waals surface area contributed by atoms with Crippen LogP contribution in [0.25, 0.3) is 0 Å². The van der Waals surface area contributed by atoms with Crippen LogP contribution in [0.2, 0.25) is 10.0 Å². The Kier molecular flexibility index (Phi) is 7.90. The number of hydrogen-bond donors (Lipinski definition) is 2. The van der Waals surface area contributed by atoms with Gasteiger partial charge in [0, 0.05) is 46.5 Å². The summed E-state index contributed by atoms with van der Waals surface area (Å²) in [5.41, 5.74) is 1.13. The molecule has 0 aliphatic carbocycles. The molecule has 1 saturated heterocycles. The smallest absolute Gasteiger partial charge is 0.255 e. The molecule has 0 unspecified atom stereocenters. The number of benzene rings is 2. The van der Waals surface area contributed by atoms with Crippen LogP contribution < -0.4 is 10.6 Å². The van der Waals surface area contributed by atoms with Gasteiger partial charge in [-0.05, 0) is 42.5 Å². The van der Waals surface area contributed by atoms with E-state index in [2.05, 4.69) is 10.6 Å². The Morgan fingerprint density at radius 3 is 2.16 bits per heavy atom. The number of halogens is 2. The first-order valence-electron chi connectivity index (χ1n) is 9.46. The summed E-state index contributed by atoms with van der Waals surface area (Å²) in [5.74, 6) is -0.985. The highest BCUT2D eigenvalue weighted by Crippen LogP contribution is 2.20. The van der Waals surface area contributed by atoms with Gasteiger partial charge in [-0.3, -0.25) is 9.59 Å². The molecule has 0 saturated carbocycles. The molecule has 3 rings (SSSR count). The number of carbonyl (C=O) groups excluding carboxylic acids is 2. The van der Waals surface area contributed by atoms with Gasteiger partial charge in [0.25, 0.3) is 11.8 Å². The van der Waals surface area contributed by atoms with E-state index in [1.54, 1.807) is 12.1 Å². The first kappa shape index (κ1) is 23.5. The quantitative estimate of drug-likeness (QED) is 0.626. The lowest BCUT2D eigenvalue weighted by molar-refractivity contribution is 0.0730. The monoisotopic (exact) mass is 485 g/mol. The number of ether oxygens (including phenoxy) is 1. The molecule has 0 atom stereocenters. The molecule has 8 nitrogen and oxygen atoms in total. The average molecular weight is 486 g/mol. The van der Waals surface area contributed by atoms with E-state index in [-0.39, 0.29) is 12.3 Å². The van der Waals surface area contributed by atoms with Gasteiger partial charge in [-0.15, -0.1) is 0 Å². The average Bonchev–Trinajstić information content (AvgIpc) is 2.74. The van der Waals surface area contributed by atoms with Gasteiger partial charge >= 0.3 is 0 Å². The zero-order chi connectivity index (χ0) is 22.4. The van der Waals surface area contributed by atoms with Gasteiger partial charge in [-0.1, -0.05) is 23.2 Å². The van der Waals surface area contributed by atoms with Gasteiger partial charge in [0.1, 0.15) is 0 Å². The molecule has 2 aromatic rings. The van der Waals surface area contributed by atoms with Gasteiger partial charge < -0.3 is 15.4 Å². The predicted molar refractivity (Wildman–Crippen MR) is 119 cm³/mol. The Morgan fingerprint density at radius 2 is 1.55 bits per heavy atom. The highest BCUT2D eigenvalue weighted by atomic mass is 35.5. The largest absolute Gasteiger partial charge is 0.379 e. The molecular formula is C20H21Cl2N3O5S. The van der Waals surface area contributed by atoms with E-state index in [9.17, 15) is 18.0 Å². The molecule has 0 aromatic heterocycles. The number of morpholine rings is 1. The Balaban J connectivity index is 1.52. The van der Waals surface area contributed by atoms with Crippen LogP contribution in [-0.2, 0) is 14.8 Å². The third-order valence-corrected chi connectivity index (χ3v) is 6.85. The number of hydrogen-bond acceptors (Lipinski definition) is 5. The number of rotatable bonds is 7. The van der Waals surface area contributed by atoms with Crippen molar-refractivity contribution in [3.63, 3.8) is 0 Å². The fourth-order valence-electron chi connectivity index (χ4n) is 2.94. The molecule has 0 bridgehead atoms. The molecule has 1 aliphatic rings. The Bertz CT molecular complexity index is 1030. The SMILES string of the molecule is O=C(NCCS(=O)(=O)N1CCOCC1)c1ccc(NC(=O)c2cc(Cl)cc(Cl)c2)cc1. The minimum atomic E-state index is -3.44. The van der Waals surface area contributed by atoms with Crippen molar-refractivity contribution in [3.8, 4) is 0 Å². The highest BCUT2D eigenvalue weighted by Gasteiger charge is 2.24. The van der Waals surface area contributed by atoms with E-state index in [1.165, 1.54) is 34.6 Å². The summed E-state index contributed by atoms with van der Waals surface area (Å²) in [6, 6.07) is 10.7. The van der Waals surface area contributed by atoms with E-state index in [0.29, 0.717) is 53.2 Å². The van der Waals surface area contributed by atoms with Crippen LogP contribution >= 0.6 is 23.2 Å². The van der Waals surface area contributed by atoms with Crippen molar-refractivity contribution < 1.29 is 22.7 Å². The number of nitrogens with one attached hydrogen (secondary N) is 2. The van der Waals surface area contributed by atoms with Crippen LogP contribution in [0.5, 0.6) is 0 Å². The summed E-state index contributed by atoms with van der Waals surface area (Å²) < 4.78 is 31.1. The number of sulfonamides is 1. The fourth-order valence-corrected chi connectivity index (χ4v) is 4.79. The van der Waals surface area contributed by atoms with E-state index < -0.39 is 21.8 Å². The van der Waals surface area contributed by atoms with Crippen LogP contribution in [-0.4, -0.2) is 63.1 Å². The highest BCUT2D eigenvalue weighted by molar-refractivity contribution is 7.89. The first-order chi connectivity index (χ1) is 14.7. The van der Waals surface area contributed by atoms with Gasteiger partial charge in [-0.25, -0.2) is 8.42 Å². The number of carbonyl (C=O) groups is 2. The maximum absolute atomic E-state index is 12.3. The van der Waals surface area contributed by atoms with Crippen LogP contribution in [0.1, 0.15) is 20.7 Å². The van der Waals surface area contributed by atoms with Crippen molar-refractivity contribution in [2.75, 3.05) is 43.9 Å². The molecule has 2 amide bonds. The van der Waals surface area contributed by atoms with Gasteiger partial charge in [-0.2, -0.15) is 4.31 Å². The number of amides is 2. The second-order valence-corrected chi connectivity index (χ2v) is 9.73. The van der Waals surface area contributed by atoms with Crippen molar-refractivity contribution in [3.05, 3.63) is 63.6 Å². The molecule has 0 spiro atoms. The number of nitrogens with zero attached hydrogens (tertiary/aromatic N) is 1. The molecule has 11 heteroatoms. The van der Waals surface area contributed by atoms with Crippen LogP contribution in [0.15, 0.2) is 42.5 Å². The lowest BCUT2D eigenvalue weighted by atomic mass is 10.1. The maximum Gasteiger partial charge on any atom is 0.255 e. The second-order valence-electron chi connectivity index (χ2n) is 6.77. The predicted octanol–water partition coefficient (Wildman–Crippen LogP) is 2.64. The lowest BCUT2D eigenvalue weighted by Crippen LogP contribution is -2.43. The molecule has 1 heterocycles. The minimum absolute atomic E-state index is 0.00740. The van der Waals surface area contributed by atoms with Gasteiger partial charge in [0.05, 0.1) is 19.0 Å². The van der Waals surface area contributed by atoms with Crippen molar-refractivity contribution in [2.45, 2.75) is 0 Å². The fraction of sp³-hybridized carbons (Fsp3) is 0.300. The zero-order valence-corrected chi connectivity index (χ0v) is 18.8. The lowest BCUT2D eigenvalue weighted by Gasteiger charge is -2.26. The Morgan fingerprint density at radius 1 is 0.935 bits per heavy atom. The van der Waals surface area contributed by atoms with Crippen LogP contribution in [0, 0.1) is 0 Å². The van der Waals surface area contributed by atoms with Gasteiger partial charge in [0.2, 0.25) is 10.0 Å². The molecule has 0 radical (unpaired) electrons. The summed E-state index contributed by atoms with van der Waals surface area (Å²) in [6.45, 7) is 1.39. The maximum atomic E-state index is 12.3. The topological polar surface area (TPSA) is 105 Å². The molecule has 2 aromatic carbocycles. The van der Waals surface area contributed by atoms with E-state index in [0.717, 1.165) is 0 Å². The van der Waals surface area contributed by atoms with Crippen molar-refractivity contribution in [1.29, 1.82) is 0 Å².